The van der Waals surface area contributed by atoms with Gasteiger partial charge >= 0.3 is 12.1 Å². The Morgan fingerprint density at radius 2 is 1.79 bits per heavy atom. The van der Waals surface area contributed by atoms with Gasteiger partial charge in [0, 0.05) is 36.3 Å². The van der Waals surface area contributed by atoms with E-state index in [1.54, 1.807) is 19.1 Å². The molecule has 0 spiro atoms. The minimum atomic E-state index is -0.742. The molecule has 0 fully saturated rings. The Hall–Kier alpha value is -4.22. The van der Waals surface area contributed by atoms with Gasteiger partial charge in [-0.1, -0.05) is 48.5 Å². The fraction of sp³-hybridized carbons (Fsp3) is 0.323. The zero-order valence-corrected chi connectivity index (χ0v) is 25.1. The first-order chi connectivity index (χ1) is 20.1. The molecule has 0 aliphatic carbocycles. The van der Waals surface area contributed by atoms with Gasteiger partial charge < -0.3 is 36.6 Å². The van der Waals surface area contributed by atoms with Gasteiger partial charge in [-0.3, -0.25) is 4.79 Å². The molecule has 1 aliphatic heterocycles. The molecule has 0 radical (unpaired) electrons. The van der Waals surface area contributed by atoms with Crippen molar-refractivity contribution in [1.29, 1.82) is 0 Å². The largest absolute Gasteiger partial charge is 0.497 e. The number of benzene rings is 3. The maximum absolute atomic E-state index is 13.9. The normalized spacial score (nSPS) is 14.8. The maximum atomic E-state index is 13.9. The van der Waals surface area contributed by atoms with Crippen LogP contribution in [0.1, 0.15) is 25.0 Å². The van der Waals surface area contributed by atoms with Gasteiger partial charge in [-0.15, -0.1) is 11.8 Å². The van der Waals surface area contributed by atoms with Gasteiger partial charge in [-0.2, -0.15) is 0 Å². The van der Waals surface area contributed by atoms with Crippen LogP contribution in [0, 0.1) is 0 Å². The Morgan fingerprint density at radius 1 is 1.05 bits per heavy atom. The highest BCUT2D eigenvalue weighted by Crippen LogP contribution is 2.38. The van der Waals surface area contributed by atoms with Crippen LogP contribution in [0.3, 0.4) is 0 Å². The number of methoxy groups -OCH3 is 1. The highest BCUT2D eigenvalue weighted by atomic mass is 32.2. The number of urea groups is 2. The van der Waals surface area contributed by atoms with Gasteiger partial charge in [0.2, 0.25) is 0 Å². The van der Waals surface area contributed by atoms with E-state index in [0.29, 0.717) is 24.6 Å². The fourth-order valence-corrected chi connectivity index (χ4v) is 5.59. The van der Waals surface area contributed by atoms with E-state index in [1.807, 2.05) is 80.6 Å². The van der Waals surface area contributed by atoms with E-state index >= 15 is 0 Å². The summed E-state index contributed by atoms with van der Waals surface area (Å²) in [5.74, 6) is 0.856. The fourth-order valence-electron chi connectivity index (χ4n) is 4.49. The summed E-state index contributed by atoms with van der Waals surface area (Å²) < 4.78 is 5.42. The molecule has 42 heavy (non-hydrogen) atoms. The average molecular weight is 591 g/mol. The number of nitrogens with zero attached hydrogens (tertiary/aromatic N) is 1. The van der Waals surface area contributed by atoms with Gasteiger partial charge in [-0.05, 0) is 54.3 Å². The topological polar surface area (TPSA) is 138 Å². The monoisotopic (exact) mass is 590 g/mol. The minimum Gasteiger partial charge on any atom is -0.497 e. The van der Waals surface area contributed by atoms with Crippen LogP contribution >= 0.6 is 11.8 Å². The third kappa shape index (κ3) is 7.95. The van der Waals surface area contributed by atoms with Crippen molar-refractivity contribution in [2.45, 2.75) is 43.4 Å². The number of carbonyl (C=O) groups is 3. The molecule has 10 nitrogen and oxygen atoms in total. The smallest absolute Gasteiger partial charge is 0.315 e. The molecule has 5 amide bonds. The summed E-state index contributed by atoms with van der Waals surface area (Å²) in [5, 5.41) is 11.0. The number of thioether (sulfide) groups is 1. The van der Waals surface area contributed by atoms with Crippen molar-refractivity contribution in [2.24, 2.45) is 5.73 Å². The maximum Gasteiger partial charge on any atom is 0.315 e. The summed E-state index contributed by atoms with van der Waals surface area (Å²) in [6.07, 6.45) is 0. The summed E-state index contributed by atoms with van der Waals surface area (Å²) in [5.41, 5.74) is 10.1. The Kier molecular flexibility index (Phi) is 9.97. The van der Waals surface area contributed by atoms with E-state index in [0.717, 1.165) is 32.8 Å². The van der Waals surface area contributed by atoms with Crippen molar-refractivity contribution < 1.29 is 19.1 Å². The molecule has 0 unspecified atom stereocenters. The van der Waals surface area contributed by atoms with Crippen LogP contribution in [0.25, 0.3) is 11.1 Å². The van der Waals surface area contributed by atoms with Crippen molar-refractivity contribution in [3.05, 3.63) is 77.9 Å². The Balaban J connectivity index is 1.57. The van der Waals surface area contributed by atoms with E-state index in [1.165, 1.54) is 11.8 Å². The molecule has 222 valence electrons. The zero-order valence-electron chi connectivity index (χ0n) is 24.3. The van der Waals surface area contributed by atoms with Gasteiger partial charge in [0.15, 0.2) is 0 Å². The first-order valence-electron chi connectivity index (χ1n) is 13.7. The average Bonchev–Trinajstić information content (AvgIpc) is 3.11. The van der Waals surface area contributed by atoms with Crippen molar-refractivity contribution >= 4 is 35.4 Å². The number of carbonyl (C=O) groups excluding carboxylic acids is 3. The van der Waals surface area contributed by atoms with Gasteiger partial charge in [0.25, 0.3) is 5.91 Å². The molecule has 4 rings (SSSR count). The molecule has 3 aromatic rings. The van der Waals surface area contributed by atoms with Gasteiger partial charge in [0.05, 0.1) is 19.3 Å². The molecule has 0 aromatic heterocycles. The molecule has 0 saturated carbocycles. The van der Waals surface area contributed by atoms with Crippen molar-refractivity contribution in [3.63, 3.8) is 0 Å². The van der Waals surface area contributed by atoms with Crippen LogP contribution in [-0.4, -0.2) is 56.0 Å². The second kappa shape index (κ2) is 13.6. The molecule has 0 saturated heterocycles. The zero-order chi connectivity index (χ0) is 30.3. The molecule has 0 bridgehead atoms. The number of hydrogen-bond donors (Lipinski definition) is 5. The summed E-state index contributed by atoms with van der Waals surface area (Å²) in [6, 6.07) is 20.1. The summed E-state index contributed by atoms with van der Waals surface area (Å²) in [7, 11) is 3.19. The third-order valence-corrected chi connectivity index (χ3v) is 7.86. The molecule has 6 N–H and O–H groups in total. The Labute approximate surface area is 250 Å². The predicted octanol–water partition coefficient (Wildman–Crippen LogP) is 3.84. The molecule has 11 heteroatoms. The third-order valence-electron chi connectivity index (χ3n) is 6.73. The van der Waals surface area contributed by atoms with Crippen LogP contribution in [0.15, 0.2) is 71.6 Å². The van der Waals surface area contributed by atoms with Gasteiger partial charge in [-0.25, -0.2) is 9.59 Å². The van der Waals surface area contributed by atoms with Crippen LogP contribution in [0.4, 0.5) is 15.3 Å². The second-order valence-electron chi connectivity index (χ2n) is 10.7. The van der Waals surface area contributed by atoms with E-state index in [9.17, 15) is 14.4 Å². The molecular formula is C31H38N6O4S. The standard InChI is InChI=1S/C31H38N6O4S/c1-31(2,32)19-35-30(40)36-25-18-42-27-15-23(41-4)13-14-26(27)37(28(25)38)17-20-9-11-21(12-10-20)24-8-6-5-7-22(24)16-34-29(39)33-3/h5-15,25H,16-19,32H2,1-4H3,(H2,33,34,39)(H2,35,36,40)/t25-/m1/s1. The minimum absolute atomic E-state index is 0.205. The Bertz CT molecular complexity index is 1420. The van der Waals surface area contributed by atoms with E-state index in [4.69, 9.17) is 10.5 Å². The molecule has 1 aliphatic rings. The van der Waals surface area contributed by atoms with Crippen molar-refractivity contribution in [3.8, 4) is 16.9 Å². The summed E-state index contributed by atoms with van der Waals surface area (Å²) >= 11 is 1.50. The number of fused-ring (bicyclic) bond motifs is 1. The lowest BCUT2D eigenvalue weighted by Gasteiger charge is -2.27. The second-order valence-corrected chi connectivity index (χ2v) is 11.8. The first-order valence-corrected chi connectivity index (χ1v) is 14.6. The predicted molar refractivity (Wildman–Crippen MR) is 167 cm³/mol. The molecular weight excluding hydrogens is 552 g/mol. The summed E-state index contributed by atoms with van der Waals surface area (Å²) in [4.78, 5) is 40.8. The van der Waals surface area contributed by atoms with Crippen LogP contribution in [0.2, 0.25) is 0 Å². The van der Waals surface area contributed by atoms with Gasteiger partial charge in [0.1, 0.15) is 11.8 Å². The molecule has 1 heterocycles. The van der Waals surface area contributed by atoms with E-state index in [2.05, 4.69) is 21.3 Å². The van der Waals surface area contributed by atoms with Crippen molar-refractivity contribution in [1.82, 2.24) is 21.3 Å². The van der Waals surface area contributed by atoms with Crippen molar-refractivity contribution in [2.75, 3.05) is 31.4 Å². The number of amides is 5. The van der Waals surface area contributed by atoms with Crippen LogP contribution in [-0.2, 0) is 17.9 Å². The lowest BCUT2D eigenvalue weighted by molar-refractivity contribution is -0.120. The van der Waals surface area contributed by atoms with Crippen LogP contribution < -0.4 is 36.6 Å². The summed E-state index contributed by atoms with van der Waals surface area (Å²) in [6.45, 7) is 4.61. The lowest BCUT2D eigenvalue weighted by Crippen LogP contribution is -2.54. The SMILES string of the molecule is CNC(=O)NCc1ccccc1-c1ccc(CN2C(=O)[C@H](NC(=O)NCC(C)(C)N)CSc3cc(OC)ccc32)cc1. The number of nitrogens with one attached hydrogen (secondary N) is 4. The van der Waals surface area contributed by atoms with E-state index < -0.39 is 17.6 Å². The first kappa shape index (κ1) is 30.7. The quantitative estimate of drug-likeness (QED) is 0.257. The number of anilines is 1. The number of hydrogen-bond acceptors (Lipinski definition) is 6. The van der Waals surface area contributed by atoms with E-state index in [-0.39, 0.29) is 18.5 Å². The highest BCUT2D eigenvalue weighted by Gasteiger charge is 2.32. The molecule has 3 aromatic carbocycles. The Morgan fingerprint density at radius 3 is 2.48 bits per heavy atom. The number of nitrogens with two attached hydrogens (primary N) is 1. The van der Waals surface area contributed by atoms with Crippen LogP contribution in [0.5, 0.6) is 5.75 Å². The highest BCUT2D eigenvalue weighted by molar-refractivity contribution is 7.99. The molecule has 1 atom stereocenters. The number of rotatable bonds is 9. The lowest BCUT2D eigenvalue weighted by atomic mass is 9.98. The number of ether oxygens (including phenoxy) is 1.